The van der Waals surface area contributed by atoms with Gasteiger partial charge in [-0.05, 0) is 13.3 Å². The summed E-state index contributed by atoms with van der Waals surface area (Å²) < 4.78 is 0. The minimum absolute atomic E-state index is 0.555. The highest BCUT2D eigenvalue weighted by atomic mass is 16.1. The van der Waals surface area contributed by atoms with Crippen molar-refractivity contribution in [1.29, 1.82) is 0 Å². The monoisotopic (exact) mass is 114 g/mol. The van der Waals surface area contributed by atoms with Crippen molar-refractivity contribution in [2.24, 2.45) is 5.10 Å². The maximum atomic E-state index is 9.61. The summed E-state index contributed by atoms with van der Waals surface area (Å²) in [6.07, 6.45) is 1.43. The van der Waals surface area contributed by atoms with Crippen molar-refractivity contribution in [3.8, 4) is 0 Å². The molecule has 0 heterocycles. The number of carbonyl (C=O) groups excluding carboxylic acids is 1. The van der Waals surface area contributed by atoms with Gasteiger partial charge in [0.2, 0.25) is 6.41 Å². The maximum absolute atomic E-state index is 9.61. The Kier molecular flexibility index (Phi) is 3.84. The van der Waals surface area contributed by atoms with Gasteiger partial charge in [-0.2, -0.15) is 5.10 Å². The summed E-state index contributed by atoms with van der Waals surface area (Å²) in [6.45, 7) is 3.84. The van der Waals surface area contributed by atoms with Crippen molar-refractivity contribution in [1.82, 2.24) is 5.43 Å². The largest absolute Gasteiger partial charge is 0.277 e. The van der Waals surface area contributed by atoms with E-state index in [1.165, 1.54) is 0 Å². The summed E-state index contributed by atoms with van der Waals surface area (Å²) in [4.78, 5) is 9.61. The normalized spacial score (nSPS) is 11.0. The molecular weight excluding hydrogens is 104 g/mol. The summed E-state index contributed by atoms with van der Waals surface area (Å²) in [6, 6.07) is 0. The van der Waals surface area contributed by atoms with Gasteiger partial charge in [-0.1, -0.05) is 6.92 Å². The Morgan fingerprint density at radius 3 is 2.88 bits per heavy atom. The molecule has 0 aliphatic heterocycles. The Labute approximate surface area is 48.8 Å². The molecule has 0 bridgehead atoms. The number of hydrogen-bond acceptors (Lipinski definition) is 2. The Balaban J connectivity index is 3.40. The standard InChI is InChI=1S/C5H10N2O/c1-3-5(2)7-6-4-8/h4H,3H2,1-2H3,(H,6,8)/b7-5-. The predicted molar refractivity (Wildman–Crippen MR) is 32.6 cm³/mol. The molecule has 0 aromatic carbocycles. The summed E-state index contributed by atoms with van der Waals surface area (Å²) in [7, 11) is 0. The minimum atomic E-state index is 0.555. The third kappa shape index (κ3) is 3.33. The SMILES string of the molecule is CC/C(C)=N\NC=O. The van der Waals surface area contributed by atoms with E-state index in [2.05, 4.69) is 10.5 Å². The molecule has 0 fully saturated rings. The molecular formula is C5H10N2O. The fourth-order valence-electron chi connectivity index (χ4n) is 0.216. The molecule has 0 saturated heterocycles. The number of rotatable bonds is 3. The van der Waals surface area contributed by atoms with E-state index < -0.39 is 0 Å². The van der Waals surface area contributed by atoms with E-state index in [0.29, 0.717) is 6.41 Å². The van der Waals surface area contributed by atoms with Crippen molar-refractivity contribution in [2.45, 2.75) is 20.3 Å². The maximum Gasteiger partial charge on any atom is 0.227 e. The molecule has 1 amide bonds. The smallest absolute Gasteiger partial charge is 0.227 e. The van der Waals surface area contributed by atoms with Gasteiger partial charge >= 0.3 is 0 Å². The summed E-state index contributed by atoms with van der Waals surface area (Å²) in [5.74, 6) is 0. The molecule has 0 aliphatic rings. The van der Waals surface area contributed by atoms with Gasteiger partial charge in [-0.3, -0.25) is 4.79 Å². The Morgan fingerprint density at radius 1 is 1.88 bits per heavy atom. The van der Waals surface area contributed by atoms with Crippen LogP contribution in [0.4, 0.5) is 0 Å². The molecule has 3 heteroatoms. The predicted octanol–water partition coefficient (Wildman–Crippen LogP) is 0.518. The average Bonchev–Trinajstić information content (AvgIpc) is 1.83. The molecule has 0 atom stereocenters. The van der Waals surface area contributed by atoms with E-state index in [1.54, 1.807) is 0 Å². The third-order valence-electron chi connectivity index (χ3n) is 0.820. The van der Waals surface area contributed by atoms with Crippen molar-refractivity contribution in [3.63, 3.8) is 0 Å². The highest BCUT2D eigenvalue weighted by molar-refractivity contribution is 5.81. The van der Waals surface area contributed by atoms with Gasteiger partial charge in [0.1, 0.15) is 0 Å². The van der Waals surface area contributed by atoms with Gasteiger partial charge in [0.15, 0.2) is 0 Å². The average molecular weight is 114 g/mol. The molecule has 1 N–H and O–H groups in total. The van der Waals surface area contributed by atoms with Crippen molar-refractivity contribution < 1.29 is 4.79 Å². The zero-order valence-corrected chi connectivity index (χ0v) is 5.14. The highest BCUT2D eigenvalue weighted by Gasteiger charge is 1.80. The Morgan fingerprint density at radius 2 is 2.50 bits per heavy atom. The van der Waals surface area contributed by atoms with E-state index in [1.807, 2.05) is 13.8 Å². The van der Waals surface area contributed by atoms with E-state index in [0.717, 1.165) is 12.1 Å². The molecule has 0 rings (SSSR count). The quantitative estimate of drug-likeness (QED) is 0.324. The second kappa shape index (κ2) is 4.30. The van der Waals surface area contributed by atoms with E-state index in [9.17, 15) is 4.79 Å². The van der Waals surface area contributed by atoms with Gasteiger partial charge in [0.05, 0.1) is 0 Å². The van der Waals surface area contributed by atoms with Crippen molar-refractivity contribution >= 4 is 12.1 Å². The molecule has 0 unspecified atom stereocenters. The van der Waals surface area contributed by atoms with Crippen LogP contribution < -0.4 is 5.43 Å². The molecule has 0 aromatic heterocycles. The van der Waals surface area contributed by atoms with Crippen molar-refractivity contribution in [3.05, 3.63) is 0 Å². The zero-order chi connectivity index (χ0) is 6.41. The van der Waals surface area contributed by atoms with Crippen LogP contribution in [0.2, 0.25) is 0 Å². The van der Waals surface area contributed by atoms with Gasteiger partial charge in [-0.25, -0.2) is 5.43 Å². The van der Waals surface area contributed by atoms with Gasteiger partial charge in [0.25, 0.3) is 0 Å². The van der Waals surface area contributed by atoms with Crippen LogP contribution in [-0.4, -0.2) is 12.1 Å². The van der Waals surface area contributed by atoms with E-state index in [-0.39, 0.29) is 0 Å². The minimum Gasteiger partial charge on any atom is -0.277 e. The third-order valence-corrected chi connectivity index (χ3v) is 0.820. The summed E-state index contributed by atoms with van der Waals surface area (Å²) >= 11 is 0. The zero-order valence-electron chi connectivity index (χ0n) is 5.14. The lowest BCUT2D eigenvalue weighted by molar-refractivity contribution is -0.109. The fourth-order valence-corrected chi connectivity index (χ4v) is 0.216. The van der Waals surface area contributed by atoms with Crippen LogP contribution in [-0.2, 0) is 4.79 Å². The second-order valence-corrected chi connectivity index (χ2v) is 1.45. The summed E-state index contributed by atoms with van der Waals surface area (Å²) in [5.41, 5.74) is 3.13. The summed E-state index contributed by atoms with van der Waals surface area (Å²) in [5, 5.41) is 3.66. The first kappa shape index (κ1) is 7.14. The number of nitrogens with one attached hydrogen (secondary N) is 1. The molecule has 46 valence electrons. The van der Waals surface area contributed by atoms with Crippen LogP contribution >= 0.6 is 0 Å². The Bertz CT molecular complexity index is 98.6. The van der Waals surface area contributed by atoms with Gasteiger partial charge < -0.3 is 0 Å². The number of nitrogens with zero attached hydrogens (tertiary/aromatic N) is 1. The first-order valence-corrected chi connectivity index (χ1v) is 2.53. The lowest BCUT2D eigenvalue weighted by atomic mass is 10.3. The molecule has 8 heavy (non-hydrogen) atoms. The number of hydrazone groups is 1. The first-order valence-electron chi connectivity index (χ1n) is 2.53. The topological polar surface area (TPSA) is 41.5 Å². The number of carbonyl (C=O) groups is 1. The lowest BCUT2D eigenvalue weighted by Gasteiger charge is -1.89. The van der Waals surface area contributed by atoms with Gasteiger partial charge in [-0.15, -0.1) is 0 Å². The van der Waals surface area contributed by atoms with Crippen LogP contribution in [0.25, 0.3) is 0 Å². The van der Waals surface area contributed by atoms with Crippen LogP contribution in [0.15, 0.2) is 5.10 Å². The van der Waals surface area contributed by atoms with Crippen LogP contribution in [0.1, 0.15) is 20.3 Å². The molecule has 0 radical (unpaired) electrons. The highest BCUT2D eigenvalue weighted by Crippen LogP contribution is 1.78. The Hall–Kier alpha value is -0.860. The van der Waals surface area contributed by atoms with Crippen LogP contribution in [0, 0.1) is 0 Å². The van der Waals surface area contributed by atoms with Gasteiger partial charge in [0, 0.05) is 5.71 Å². The first-order chi connectivity index (χ1) is 3.81. The number of amides is 1. The fraction of sp³-hybridized carbons (Fsp3) is 0.600. The molecule has 0 saturated carbocycles. The lowest BCUT2D eigenvalue weighted by Crippen LogP contribution is -2.04. The molecule has 0 aliphatic carbocycles. The molecule has 0 aromatic rings. The van der Waals surface area contributed by atoms with E-state index in [4.69, 9.17) is 0 Å². The van der Waals surface area contributed by atoms with Crippen molar-refractivity contribution in [2.75, 3.05) is 0 Å². The second-order valence-electron chi connectivity index (χ2n) is 1.45. The van der Waals surface area contributed by atoms with E-state index >= 15 is 0 Å². The van der Waals surface area contributed by atoms with Crippen LogP contribution in [0.3, 0.4) is 0 Å². The van der Waals surface area contributed by atoms with Crippen LogP contribution in [0.5, 0.6) is 0 Å². The molecule has 0 spiro atoms. The number of hydrogen-bond donors (Lipinski definition) is 1. The molecule has 3 nitrogen and oxygen atoms in total.